The molecule has 1 aromatic rings. The van der Waals surface area contributed by atoms with Crippen LogP contribution in [0.15, 0.2) is 12.3 Å². The van der Waals surface area contributed by atoms with Crippen LogP contribution in [0.4, 0.5) is 5.82 Å². The Hall–Kier alpha value is -1.31. The molecule has 15 heavy (non-hydrogen) atoms. The summed E-state index contributed by atoms with van der Waals surface area (Å²) >= 11 is 5.91. The van der Waals surface area contributed by atoms with E-state index in [1.807, 2.05) is 13.0 Å². The van der Waals surface area contributed by atoms with E-state index in [2.05, 4.69) is 10.3 Å². The first-order valence-electron chi connectivity index (χ1n) is 4.64. The van der Waals surface area contributed by atoms with E-state index >= 15 is 0 Å². The minimum absolute atomic E-state index is 0.0223. The van der Waals surface area contributed by atoms with Crippen molar-refractivity contribution in [2.24, 2.45) is 0 Å². The summed E-state index contributed by atoms with van der Waals surface area (Å²) in [5, 5.41) is 21.0. The molecule has 1 atom stereocenters. The quantitative estimate of drug-likeness (QED) is 0.820. The molecule has 1 rings (SSSR count). The van der Waals surface area contributed by atoms with Crippen LogP contribution in [0.2, 0.25) is 5.02 Å². The van der Waals surface area contributed by atoms with E-state index in [9.17, 15) is 0 Å². The molecule has 0 saturated carbocycles. The predicted octanol–water partition coefficient (Wildman–Crippen LogP) is 1.79. The number of aliphatic hydroxyl groups excluding tert-OH is 1. The highest BCUT2D eigenvalue weighted by molar-refractivity contribution is 6.33. The fourth-order valence-corrected chi connectivity index (χ4v) is 1.30. The zero-order valence-electron chi connectivity index (χ0n) is 8.37. The monoisotopic (exact) mass is 225 g/mol. The van der Waals surface area contributed by atoms with Gasteiger partial charge in [-0.3, -0.25) is 0 Å². The molecule has 0 aliphatic rings. The number of aromatic nitrogens is 1. The Bertz CT molecular complexity index is 371. The SMILES string of the molecule is CCC(CO)Nc1ncc(C#N)cc1Cl. The van der Waals surface area contributed by atoms with E-state index in [0.717, 1.165) is 6.42 Å². The number of anilines is 1. The van der Waals surface area contributed by atoms with Gasteiger partial charge in [0.05, 0.1) is 23.2 Å². The summed E-state index contributed by atoms with van der Waals surface area (Å²) in [6.45, 7) is 1.97. The minimum Gasteiger partial charge on any atom is -0.394 e. The van der Waals surface area contributed by atoms with Crippen molar-refractivity contribution in [3.8, 4) is 6.07 Å². The molecular formula is C10H12ClN3O. The van der Waals surface area contributed by atoms with E-state index in [1.165, 1.54) is 6.20 Å². The Morgan fingerprint density at radius 3 is 2.93 bits per heavy atom. The Morgan fingerprint density at radius 2 is 2.47 bits per heavy atom. The van der Waals surface area contributed by atoms with Crippen molar-refractivity contribution in [2.75, 3.05) is 11.9 Å². The van der Waals surface area contributed by atoms with Gasteiger partial charge in [-0.1, -0.05) is 18.5 Å². The lowest BCUT2D eigenvalue weighted by Crippen LogP contribution is -2.23. The molecule has 5 heteroatoms. The van der Waals surface area contributed by atoms with Gasteiger partial charge in [0.1, 0.15) is 11.9 Å². The van der Waals surface area contributed by atoms with Gasteiger partial charge in [-0.25, -0.2) is 4.98 Å². The standard InChI is InChI=1S/C10H12ClN3O/c1-2-8(6-15)14-10-9(11)3-7(4-12)5-13-10/h3,5,8,15H,2,6H2,1H3,(H,13,14). The summed E-state index contributed by atoms with van der Waals surface area (Å²) in [4.78, 5) is 4.01. The number of nitrogens with one attached hydrogen (secondary N) is 1. The van der Waals surface area contributed by atoms with Crippen LogP contribution in [-0.4, -0.2) is 22.7 Å². The maximum atomic E-state index is 8.99. The van der Waals surface area contributed by atoms with E-state index in [1.54, 1.807) is 6.07 Å². The van der Waals surface area contributed by atoms with Gasteiger partial charge in [0.25, 0.3) is 0 Å². The van der Waals surface area contributed by atoms with Crippen molar-refractivity contribution >= 4 is 17.4 Å². The third kappa shape index (κ3) is 3.08. The number of nitriles is 1. The first kappa shape index (κ1) is 11.8. The first-order valence-corrected chi connectivity index (χ1v) is 5.02. The smallest absolute Gasteiger partial charge is 0.145 e. The lowest BCUT2D eigenvalue weighted by atomic mass is 10.2. The van der Waals surface area contributed by atoms with Crippen molar-refractivity contribution in [1.82, 2.24) is 4.98 Å². The van der Waals surface area contributed by atoms with Gasteiger partial charge in [0, 0.05) is 6.20 Å². The number of pyridine rings is 1. The molecule has 1 unspecified atom stereocenters. The lowest BCUT2D eigenvalue weighted by molar-refractivity contribution is 0.271. The lowest BCUT2D eigenvalue weighted by Gasteiger charge is -2.15. The molecule has 0 radical (unpaired) electrons. The summed E-state index contributed by atoms with van der Waals surface area (Å²) in [7, 11) is 0. The fourth-order valence-electron chi connectivity index (χ4n) is 1.08. The Labute approximate surface area is 93.5 Å². The molecule has 0 aliphatic heterocycles. The van der Waals surface area contributed by atoms with Crippen LogP contribution in [0.5, 0.6) is 0 Å². The van der Waals surface area contributed by atoms with Gasteiger partial charge in [0.15, 0.2) is 0 Å². The highest BCUT2D eigenvalue weighted by Gasteiger charge is 2.08. The second-order valence-corrected chi connectivity index (χ2v) is 3.51. The molecule has 0 fully saturated rings. The van der Waals surface area contributed by atoms with Gasteiger partial charge < -0.3 is 10.4 Å². The number of halogens is 1. The van der Waals surface area contributed by atoms with Crippen molar-refractivity contribution in [2.45, 2.75) is 19.4 Å². The molecular weight excluding hydrogens is 214 g/mol. The maximum absolute atomic E-state index is 8.99. The maximum Gasteiger partial charge on any atom is 0.145 e. The van der Waals surface area contributed by atoms with E-state index in [4.69, 9.17) is 22.0 Å². The van der Waals surface area contributed by atoms with Crippen LogP contribution < -0.4 is 5.32 Å². The summed E-state index contributed by atoms with van der Waals surface area (Å²) in [6, 6.07) is 3.43. The molecule has 0 spiro atoms. The summed E-state index contributed by atoms with van der Waals surface area (Å²) in [6.07, 6.45) is 2.22. The molecule has 0 amide bonds. The third-order valence-electron chi connectivity index (χ3n) is 2.02. The average molecular weight is 226 g/mol. The molecule has 4 nitrogen and oxygen atoms in total. The molecule has 0 aromatic carbocycles. The number of hydrogen-bond donors (Lipinski definition) is 2. The molecule has 2 N–H and O–H groups in total. The average Bonchev–Trinajstić information content (AvgIpc) is 2.27. The zero-order chi connectivity index (χ0) is 11.3. The fraction of sp³-hybridized carbons (Fsp3) is 0.400. The Kier molecular flexibility index (Phi) is 4.35. The van der Waals surface area contributed by atoms with Crippen LogP contribution in [-0.2, 0) is 0 Å². The molecule has 0 saturated heterocycles. The molecule has 1 aromatic heterocycles. The summed E-state index contributed by atoms with van der Waals surface area (Å²) in [5.41, 5.74) is 0.419. The predicted molar refractivity (Wildman–Crippen MR) is 58.7 cm³/mol. The van der Waals surface area contributed by atoms with E-state index in [0.29, 0.717) is 16.4 Å². The Balaban J connectivity index is 2.83. The topological polar surface area (TPSA) is 68.9 Å². The highest BCUT2D eigenvalue weighted by atomic mass is 35.5. The third-order valence-corrected chi connectivity index (χ3v) is 2.31. The van der Waals surface area contributed by atoms with Gasteiger partial charge >= 0.3 is 0 Å². The van der Waals surface area contributed by atoms with Crippen molar-refractivity contribution in [3.63, 3.8) is 0 Å². The van der Waals surface area contributed by atoms with Gasteiger partial charge in [-0.05, 0) is 12.5 Å². The summed E-state index contributed by atoms with van der Waals surface area (Å²) < 4.78 is 0. The number of aliphatic hydroxyl groups is 1. The van der Waals surface area contributed by atoms with Gasteiger partial charge in [-0.15, -0.1) is 0 Å². The molecule has 1 heterocycles. The van der Waals surface area contributed by atoms with Crippen LogP contribution >= 0.6 is 11.6 Å². The normalized spacial score (nSPS) is 11.9. The number of hydrogen-bond acceptors (Lipinski definition) is 4. The van der Waals surface area contributed by atoms with E-state index in [-0.39, 0.29) is 12.6 Å². The molecule has 80 valence electrons. The van der Waals surface area contributed by atoms with Crippen LogP contribution in [0.3, 0.4) is 0 Å². The molecule has 0 aliphatic carbocycles. The Morgan fingerprint density at radius 1 is 1.73 bits per heavy atom. The van der Waals surface area contributed by atoms with Gasteiger partial charge in [0.2, 0.25) is 0 Å². The molecule has 0 bridgehead atoms. The van der Waals surface area contributed by atoms with E-state index < -0.39 is 0 Å². The van der Waals surface area contributed by atoms with Crippen LogP contribution in [0.1, 0.15) is 18.9 Å². The second-order valence-electron chi connectivity index (χ2n) is 3.10. The first-order chi connectivity index (χ1) is 7.21. The van der Waals surface area contributed by atoms with Crippen molar-refractivity contribution in [3.05, 3.63) is 22.8 Å². The summed E-state index contributed by atoms with van der Waals surface area (Å²) in [5.74, 6) is 0.497. The van der Waals surface area contributed by atoms with Crippen LogP contribution in [0.25, 0.3) is 0 Å². The van der Waals surface area contributed by atoms with Crippen molar-refractivity contribution < 1.29 is 5.11 Å². The van der Waals surface area contributed by atoms with Crippen molar-refractivity contribution in [1.29, 1.82) is 5.26 Å². The second kappa shape index (κ2) is 5.54. The minimum atomic E-state index is -0.0667. The van der Waals surface area contributed by atoms with Gasteiger partial charge in [-0.2, -0.15) is 5.26 Å². The zero-order valence-corrected chi connectivity index (χ0v) is 9.12. The number of rotatable bonds is 4. The highest BCUT2D eigenvalue weighted by Crippen LogP contribution is 2.20. The van der Waals surface area contributed by atoms with Crippen LogP contribution in [0, 0.1) is 11.3 Å². The number of nitrogens with zero attached hydrogens (tertiary/aromatic N) is 2. The largest absolute Gasteiger partial charge is 0.394 e.